The van der Waals surface area contributed by atoms with Crippen molar-refractivity contribution in [2.24, 2.45) is 0 Å². The highest BCUT2D eigenvalue weighted by Gasteiger charge is 2.42. The molecule has 0 radical (unpaired) electrons. The highest BCUT2D eigenvalue weighted by atomic mass is 35.5. The van der Waals surface area contributed by atoms with E-state index in [1.807, 2.05) is 85.1 Å². The molecule has 40 heavy (non-hydrogen) atoms. The van der Waals surface area contributed by atoms with Gasteiger partial charge < -0.3 is 19.5 Å². The van der Waals surface area contributed by atoms with Crippen molar-refractivity contribution in [3.63, 3.8) is 0 Å². The number of thiocarbonyl (C=S) groups is 1. The summed E-state index contributed by atoms with van der Waals surface area (Å²) < 4.78 is 8.35. The molecule has 0 unspecified atom stereocenters. The summed E-state index contributed by atoms with van der Waals surface area (Å²) in [7, 11) is 0. The SMILES string of the molecule is Cc1ccc(Oc2ccc(N3C(=S)N[C@H](c4ccccn4)[C@@H]3c3cc(C)n(-c4ccc(Cl)cc4)c3C)cc2)cc1. The van der Waals surface area contributed by atoms with Crippen LogP contribution >= 0.6 is 23.8 Å². The van der Waals surface area contributed by atoms with E-state index in [0.29, 0.717) is 10.1 Å². The summed E-state index contributed by atoms with van der Waals surface area (Å²) in [6.45, 7) is 6.35. The van der Waals surface area contributed by atoms with Crippen LogP contribution in [0, 0.1) is 20.8 Å². The molecule has 1 aliphatic heterocycles. The number of aromatic nitrogens is 2. The van der Waals surface area contributed by atoms with Gasteiger partial charge in [-0.2, -0.15) is 0 Å². The summed E-state index contributed by atoms with van der Waals surface area (Å²) in [5, 5.41) is 4.94. The Morgan fingerprint density at radius 1 is 0.825 bits per heavy atom. The minimum atomic E-state index is -0.128. The number of aryl methyl sites for hydroxylation is 2. The molecule has 3 heterocycles. The van der Waals surface area contributed by atoms with Crippen LogP contribution in [0.3, 0.4) is 0 Å². The van der Waals surface area contributed by atoms with Gasteiger partial charge in [0, 0.05) is 34.0 Å². The Bertz CT molecular complexity index is 1650. The maximum absolute atomic E-state index is 6.19. The van der Waals surface area contributed by atoms with Crippen LogP contribution < -0.4 is 15.0 Å². The lowest BCUT2D eigenvalue weighted by atomic mass is 9.96. The minimum Gasteiger partial charge on any atom is -0.457 e. The van der Waals surface area contributed by atoms with E-state index in [4.69, 9.17) is 33.5 Å². The van der Waals surface area contributed by atoms with Gasteiger partial charge in [-0.25, -0.2) is 0 Å². The lowest BCUT2D eigenvalue weighted by Gasteiger charge is -2.28. The number of anilines is 1. The van der Waals surface area contributed by atoms with Gasteiger partial charge in [0.1, 0.15) is 11.5 Å². The Hall–Kier alpha value is -4.13. The Morgan fingerprint density at radius 3 is 2.12 bits per heavy atom. The van der Waals surface area contributed by atoms with Crippen LogP contribution in [0.25, 0.3) is 5.69 Å². The summed E-state index contributed by atoms with van der Waals surface area (Å²) in [5.74, 6) is 1.57. The van der Waals surface area contributed by atoms with Gasteiger partial charge >= 0.3 is 0 Å². The molecule has 2 atom stereocenters. The van der Waals surface area contributed by atoms with E-state index in [-0.39, 0.29) is 12.1 Å². The second-order valence-corrected chi connectivity index (χ2v) is 10.9. The molecule has 5 nitrogen and oxygen atoms in total. The van der Waals surface area contributed by atoms with Crippen molar-refractivity contribution in [3.05, 3.63) is 136 Å². The van der Waals surface area contributed by atoms with Crippen LogP contribution in [-0.2, 0) is 0 Å². The number of nitrogens with zero attached hydrogens (tertiary/aromatic N) is 3. The molecule has 200 valence electrons. The van der Waals surface area contributed by atoms with Crippen LogP contribution in [0.4, 0.5) is 5.69 Å². The van der Waals surface area contributed by atoms with Crippen LogP contribution in [0.1, 0.15) is 40.3 Å². The van der Waals surface area contributed by atoms with Crippen molar-refractivity contribution in [2.75, 3.05) is 4.90 Å². The predicted molar refractivity (Wildman–Crippen MR) is 166 cm³/mol. The van der Waals surface area contributed by atoms with Crippen molar-refractivity contribution in [1.82, 2.24) is 14.9 Å². The second kappa shape index (κ2) is 10.8. The molecule has 0 bridgehead atoms. The molecular weight excluding hydrogens is 536 g/mol. The zero-order valence-corrected chi connectivity index (χ0v) is 24.1. The number of benzene rings is 3. The molecule has 1 aliphatic rings. The Balaban J connectivity index is 1.40. The van der Waals surface area contributed by atoms with E-state index in [1.54, 1.807) is 0 Å². The van der Waals surface area contributed by atoms with Crippen LogP contribution in [0.15, 0.2) is 103 Å². The first-order valence-corrected chi connectivity index (χ1v) is 14.0. The van der Waals surface area contributed by atoms with Gasteiger partial charge in [-0.05, 0) is 117 Å². The maximum atomic E-state index is 6.19. The molecule has 1 fully saturated rings. The van der Waals surface area contributed by atoms with Gasteiger partial charge in [-0.1, -0.05) is 35.4 Å². The summed E-state index contributed by atoms with van der Waals surface area (Å²) in [4.78, 5) is 6.90. The summed E-state index contributed by atoms with van der Waals surface area (Å²) >= 11 is 12.1. The molecule has 5 aromatic rings. The molecule has 3 aromatic carbocycles. The van der Waals surface area contributed by atoms with E-state index in [2.05, 4.69) is 53.8 Å². The lowest BCUT2D eigenvalue weighted by Crippen LogP contribution is -2.29. The zero-order valence-electron chi connectivity index (χ0n) is 22.5. The largest absolute Gasteiger partial charge is 0.457 e. The number of hydrogen-bond acceptors (Lipinski definition) is 3. The van der Waals surface area contributed by atoms with Gasteiger partial charge in [0.05, 0.1) is 17.8 Å². The average molecular weight is 565 g/mol. The average Bonchev–Trinajstić information content (AvgIpc) is 3.46. The number of hydrogen-bond donors (Lipinski definition) is 1. The van der Waals surface area contributed by atoms with E-state index in [0.717, 1.165) is 40.0 Å². The molecule has 6 rings (SSSR count). The smallest absolute Gasteiger partial charge is 0.174 e. The van der Waals surface area contributed by atoms with Crippen molar-refractivity contribution in [1.29, 1.82) is 0 Å². The molecule has 2 aromatic heterocycles. The Kier molecular flexibility index (Phi) is 7.05. The Morgan fingerprint density at radius 2 is 1.48 bits per heavy atom. The fourth-order valence-electron chi connectivity index (χ4n) is 5.44. The van der Waals surface area contributed by atoms with Crippen molar-refractivity contribution >= 4 is 34.6 Å². The summed E-state index contributed by atoms with van der Waals surface area (Å²) in [6.07, 6.45) is 1.83. The van der Waals surface area contributed by atoms with Crippen molar-refractivity contribution in [2.45, 2.75) is 32.9 Å². The zero-order chi connectivity index (χ0) is 27.8. The first kappa shape index (κ1) is 26.1. The highest BCUT2D eigenvalue weighted by Crippen LogP contribution is 2.44. The van der Waals surface area contributed by atoms with Gasteiger partial charge in [0.25, 0.3) is 0 Å². The van der Waals surface area contributed by atoms with Gasteiger partial charge in [0.2, 0.25) is 0 Å². The highest BCUT2D eigenvalue weighted by molar-refractivity contribution is 7.80. The van der Waals surface area contributed by atoms with Gasteiger partial charge in [-0.15, -0.1) is 0 Å². The standard InChI is InChI=1S/C33H29ClN4OS/c1-21-7-15-27(16-8-21)39-28-17-13-26(14-18-28)38-32(31(36-33(38)40)30-6-4-5-19-35-30)29-20-22(2)37(23(29)3)25-11-9-24(34)10-12-25/h4-20,31-32H,1-3H3,(H,36,40)/t31-,32+/m1/s1. The van der Waals surface area contributed by atoms with Crippen LogP contribution in [0.5, 0.6) is 11.5 Å². The maximum Gasteiger partial charge on any atom is 0.174 e. The first-order chi connectivity index (χ1) is 19.4. The number of nitrogens with one attached hydrogen (secondary N) is 1. The van der Waals surface area contributed by atoms with E-state index >= 15 is 0 Å². The fraction of sp³-hybridized carbons (Fsp3) is 0.152. The van der Waals surface area contributed by atoms with Gasteiger partial charge in [-0.3, -0.25) is 4.98 Å². The van der Waals surface area contributed by atoms with Gasteiger partial charge in [0.15, 0.2) is 5.11 Å². The first-order valence-electron chi connectivity index (χ1n) is 13.2. The molecule has 0 aliphatic carbocycles. The van der Waals surface area contributed by atoms with Crippen LogP contribution in [-0.4, -0.2) is 14.7 Å². The van der Waals surface area contributed by atoms with Crippen LogP contribution in [0.2, 0.25) is 5.02 Å². The number of rotatable bonds is 6. The molecule has 0 spiro atoms. The normalized spacial score (nSPS) is 16.7. The third kappa shape index (κ3) is 4.96. The number of halogens is 1. The summed E-state index contributed by atoms with van der Waals surface area (Å²) in [5.41, 5.74) is 7.63. The molecule has 0 amide bonds. The minimum absolute atomic E-state index is 0.112. The molecule has 7 heteroatoms. The Labute approximate surface area is 245 Å². The third-order valence-electron chi connectivity index (χ3n) is 7.34. The monoisotopic (exact) mass is 564 g/mol. The topological polar surface area (TPSA) is 42.3 Å². The number of pyridine rings is 1. The van der Waals surface area contributed by atoms with E-state index in [9.17, 15) is 0 Å². The molecule has 1 saturated heterocycles. The lowest BCUT2D eigenvalue weighted by molar-refractivity contribution is 0.482. The third-order valence-corrected chi connectivity index (χ3v) is 7.91. The molecule has 1 N–H and O–H groups in total. The quantitative estimate of drug-likeness (QED) is 0.210. The second-order valence-electron chi connectivity index (χ2n) is 10.0. The molecule has 0 saturated carbocycles. The fourth-order valence-corrected chi connectivity index (χ4v) is 5.91. The number of ether oxygens (including phenoxy) is 1. The molecular formula is C33H29ClN4OS. The summed E-state index contributed by atoms with van der Waals surface area (Å²) in [6, 6.07) is 32.1. The predicted octanol–water partition coefficient (Wildman–Crippen LogP) is 8.42. The van der Waals surface area contributed by atoms with E-state index in [1.165, 1.54) is 11.1 Å². The van der Waals surface area contributed by atoms with Crippen molar-refractivity contribution < 1.29 is 4.74 Å². The van der Waals surface area contributed by atoms with Crippen molar-refractivity contribution in [3.8, 4) is 17.2 Å². The van der Waals surface area contributed by atoms with E-state index < -0.39 is 0 Å².